The van der Waals surface area contributed by atoms with Gasteiger partial charge in [0, 0.05) is 12.5 Å². The van der Waals surface area contributed by atoms with E-state index in [4.69, 9.17) is 10.9 Å². The first-order valence-corrected chi connectivity index (χ1v) is 5.14. The Labute approximate surface area is 94.0 Å². The number of hydrogen-bond donors (Lipinski definition) is 3. The monoisotopic (exact) mass is 225 g/mol. The van der Waals surface area contributed by atoms with Gasteiger partial charge in [-0.3, -0.25) is 0 Å². The van der Waals surface area contributed by atoms with Crippen molar-refractivity contribution >= 4 is 11.5 Å². The van der Waals surface area contributed by atoms with E-state index in [1.165, 1.54) is 6.07 Å². The summed E-state index contributed by atoms with van der Waals surface area (Å²) in [6, 6.07) is 6.38. The van der Waals surface area contributed by atoms with Gasteiger partial charge in [0.15, 0.2) is 0 Å². The van der Waals surface area contributed by atoms with E-state index in [2.05, 4.69) is 10.5 Å². The minimum atomic E-state index is -0.305. The quantitative estimate of drug-likeness (QED) is 0.311. The summed E-state index contributed by atoms with van der Waals surface area (Å²) in [5, 5.41) is 14.4. The molecular weight excluding hydrogens is 209 g/mol. The molecule has 0 amide bonds. The predicted octanol–water partition coefficient (Wildman–Crippen LogP) is 2.15. The van der Waals surface area contributed by atoms with E-state index in [1.807, 2.05) is 6.92 Å². The zero-order chi connectivity index (χ0) is 12.0. The van der Waals surface area contributed by atoms with E-state index in [0.29, 0.717) is 12.1 Å². The number of nitrogens with two attached hydrogens (primary N) is 1. The van der Waals surface area contributed by atoms with Crippen molar-refractivity contribution in [3.63, 3.8) is 0 Å². The molecule has 1 aromatic carbocycles. The van der Waals surface area contributed by atoms with Gasteiger partial charge in [-0.1, -0.05) is 24.2 Å². The van der Waals surface area contributed by atoms with Crippen LogP contribution in [0.25, 0.3) is 0 Å². The molecule has 0 heterocycles. The van der Waals surface area contributed by atoms with E-state index in [1.54, 1.807) is 18.2 Å². The maximum Gasteiger partial charge on any atom is 0.146 e. The molecule has 1 unspecified atom stereocenters. The van der Waals surface area contributed by atoms with Crippen molar-refractivity contribution in [2.75, 3.05) is 5.32 Å². The molecule has 0 radical (unpaired) electrons. The van der Waals surface area contributed by atoms with Gasteiger partial charge in [0.2, 0.25) is 0 Å². The fraction of sp³-hybridized carbons (Fsp3) is 0.364. The van der Waals surface area contributed by atoms with Crippen LogP contribution in [0.5, 0.6) is 0 Å². The number of para-hydroxylation sites is 1. The average molecular weight is 225 g/mol. The first-order valence-electron chi connectivity index (χ1n) is 5.14. The van der Waals surface area contributed by atoms with Crippen LogP contribution < -0.4 is 11.1 Å². The van der Waals surface area contributed by atoms with E-state index >= 15 is 0 Å². The lowest BCUT2D eigenvalue weighted by Gasteiger charge is -2.17. The Kier molecular flexibility index (Phi) is 4.57. The van der Waals surface area contributed by atoms with Gasteiger partial charge in [-0.05, 0) is 18.6 Å². The Balaban J connectivity index is 2.67. The number of halogens is 1. The third-order valence-corrected chi connectivity index (χ3v) is 2.31. The lowest BCUT2D eigenvalue weighted by atomic mass is 10.1. The van der Waals surface area contributed by atoms with Gasteiger partial charge in [0.25, 0.3) is 0 Å². The number of anilines is 1. The first-order chi connectivity index (χ1) is 7.67. The molecule has 1 atom stereocenters. The van der Waals surface area contributed by atoms with E-state index in [-0.39, 0.29) is 17.7 Å². The van der Waals surface area contributed by atoms with E-state index in [0.717, 1.165) is 6.42 Å². The molecule has 5 heteroatoms. The second-order valence-corrected chi connectivity index (χ2v) is 3.52. The number of benzene rings is 1. The minimum Gasteiger partial charge on any atom is -0.409 e. The Morgan fingerprint density at radius 2 is 2.25 bits per heavy atom. The van der Waals surface area contributed by atoms with Gasteiger partial charge in [-0.25, -0.2) is 4.39 Å². The largest absolute Gasteiger partial charge is 0.409 e. The van der Waals surface area contributed by atoms with Crippen LogP contribution in [0.4, 0.5) is 10.1 Å². The summed E-state index contributed by atoms with van der Waals surface area (Å²) >= 11 is 0. The second kappa shape index (κ2) is 5.95. The number of nitrogens with zero attached hydrogens (tertiary/aromatic N) is 1. The van der Waals surface area contributed by atoms with Crippen LogP contribution in [0.1, 0.15) is 19.8 Å². The molecule has 0 aliphatic rings. The van der Waals surface area contributed by atoms with E-state index in [9.17, 15) is 4.39 Å². The van der Waals surface area contributed by atoms with Crippen molar-refractivity contribution in [1.82, 2.24) is 0 Å². The SMILES string of the molecule is CCC(CC(N)=NO)Nc1ccccc1F. The maximum atomic E-state index is 13.3. The molecule has 4 N–H and O–H groups in total. The second-order valence-electron chi connectivity index (χ2n) is 3.52. The highest BCUT2D eigenvalue weighted by Crippen LogP contribution is 2.15. The highest BCUT2D eigenvalue weighted by Gasteiger charge is 2.10. The molecule has 0 aliphatic carbocycles. The summed E-state index contributed by atoms with van der Waals surface area (Å²) in [6.07, 6.45) is 1.13. The van der Waals surface area contributed by atoms with Crippen molar-refractivity contribution in [3.8, 4) is 0 Å². The topological polar surface area (TPSA) is 70.6 Å². The van der Waals surface area contributed by atoms with Gasteiger partial charge >= 0.3 is 0 Å². The van der Waals surface area contributed by atoms with Crippen molar-refractivity contribution in [3.05, 3.63) is 30.1 Å². The molecule has 0 fully saturated rings. The van der Waals surface area contributed by atoms with Crippen molar-refractivity contribution in [1.29, 1.82) is 0 Å². The van der Waals surface area contributed by atoms with Gasteiger partial charge in [-0.2, -0.15) is 0 Å². The van der Waals surface area contributed by atoms with Crippen LogP contribution in [-0.4, -0.2) is 17.1 Å². The summed E-state index contributed by atoms with van der Waals surface area (Å²) in [4.78, 5) is 0. The standard InChI is InChI=1S/C11H16FN3O/c1-2-8(7-11(13)15-16)14-10-6-4-3-5-9(10)12/h3-6,8,14,16H,2,7H2,1H3,(H2,13,15). The number of oxime groups is 1. The lowest BCUT2D eigenvalue weighted by Crippen LogP contribution is -2.26. The van der Waals surface area contributed by atoms with Crippen molar-refractivity contribution < 1.29 is 9.60 Å². The highest BCUT2D eigenvalue weighted by atomic mass is 19.1. The molecule has 0 bridgehead atoms. The van der Waals surface area contributed by atoms with Crippen LogP contribution in [0, 0.1) is 5.82 Å². The summed E-state index contributed by atoms with van der Waals surface area (Å²) in [5.74, 6) is -0.170. The van der Waals surface area contributed by atoms with Crippen LogP contribution in [0.15, 0.2) is 29.4 Å². The minimum absolute atomic E-state index is 0.0483. The predicted molar refractivity (Wildman–Crippen MR) is 62.1 cm³/mol. The Hall–Kier alpha value is -1.78. The first kappa shape index (κ1) is 12.3. The lowest BCUT2D eigenvalue weighted by molar-refractivity contribution is 0.316. The molecular formula is C11H16FN3O. The van der Waals surface area contributed by atoms with Crippen LogP contribution in [0.2, 0.25) is 0 Å². The average Bonchev–Trinajstić information content (AvgIpc) is 2.30. The molecule has 0 spiro atoms. The Bertz CT molecular complexity index is 368. The molecule has 4 nitrogen and oxygen atoms in total. The third kappa shape index (κ3) is 3.42. The van der Waals surface area contributed by atoms with Crippen LogP contribution in [0.3, 0.4) is 0 Å². The molecule has 0 aliphatic heterocycles. The van der Waals surface area contributed by atoms with Crippen molar-refractivity contribution in [2.24, 2.45) is 10.9 Å². The number of hydrogen-bond acceptors (Lipinski definition) is 3. The maximum absolute atomic E-state index is 13.3. The molecule has 1 rings (SSSR count). The fourth-order valence-electron chi connectivity index (χ4n) is 1.39. The van der Waals surface area contributed by atoms with Gasteiger partial charge < -0.3 is 16.3 Å². The normalized spacial score (nSPS) is 13.5. The van der Waals surface area contributed by atoms with Crippen LogP contribution in [-0.2, 0) is 0 Å². The third-order valence-electron chi connectivity index (χ3n) is 2.31. The molecule has 16 heavy (non-hydrogen) atoms. The fourth-order valence-corrected chi connectivity index (χ4v) is 1.39. The summed E-state index contributed by atoms with van der Waals surface area (Å²) in [5.41, 5.74) is 5.84. The summed E-state index contributed by atoms with van der Waals surface area (Å²) < 4.78 is 13.3. The Morgan fingerprint density at radius 3 is 2.81 bits per heavy atom. The highest BCUT2D eigenvalue weighted by molar-refractivity contribution is 5.80. The van der Waals surface area contributed by atoms with Gasteiger partial charge in [-0.15, -0.1) is 0 Å². The smallest absolute Gasteiger partial charge is 0.146 e. The van der Waals surface area contributed by atoms with Crippen molar-refractivity contribution in [2.45, 2.75) is 25.8 Å². The van der Waals surface area contributed by atoms with E-state index < -0.39 is 0 Å². The summed E-state index contributed by atoms with van der Waals surface area (Å²) in [6.45, 7) is 1.95. The molecule has 0 saturated carbocycles. The molecule has 0 saturated heterocycles. The van der Waals surface area contributed by atoms with Crippen LogP contribution >= 0.6 is 0 Å². The zero-order valence-corrected chi connectivity index (χ0v) is 9.15. The number of rotatable bonds is 5. The number of nitrogens with one attached hydrogen (secondary N) is 1. The Morgan fingerprint density at radius 1 is 1.56 bits per heavy atom. The number of amidine groups is 1. The molecule has 1 aromatic rings. The summed E-state index contributed by atoms with van der Waals surface area (Å²) in [7, 11) is 0. The molecule has 88 valence electrons. The van der Waals surface area contributed by atoms with Gasteiger partial charge in [0.1, 0.15) is 11.7 Å². The zero-order valence-electron chi connectivity index (χ0n) is 9.15. The molecule has 0 aromatic heterocycles. The van der Waals surface area contributed by atoms with Gasteiger partial charge in [0.05, 0.1) is 5.69 Å².